The summed E-state index contributed by atoms with van der Waals surface area (Å²) >= 11 is 8.03. The summed E-state index contributed by atoms with van der Waals surface area (Å²) in [6.45, 7) is 0. The van der Waals surface area contributed by atoms with Gasteiger partial charge in [0.1, 0.15) is 0 Å². The molecule has 0 amide bonds. The third-order valence-electron chi connectivity index (χ3n) is 1.71. The van der Waals surface area contributed by atoms with Gasteiger partial charge in [0.05, 0.1) is 0 Å². The first-order chi connectivity index (χ1) is 7.14. The van der Waals surface area contributed by atoms with Gasteiger partial charge in [-0.25, -0.2) is 4.79 Å². The van der Waals surface area contributed by atoms with E-state index in [0.29, 0.717) is 11.8 Å². The quantitative estimate of drug-likeness (QED) is 0.228. The van der Waals surface area contributed by atoms with Gasteiger partial charge in [-0.3, -0.25) is 0 Å². The molecule has 15 heavy (non-hydrogen) atoms. The molecule has 0 aliphatic heterocycles. The van der Waals surface area contributed by atoms with Crippen molar-refractivity contribution < 1.29 is 18.1 Å². The first-order valence-electron chi connectivity index (χ1n) is 4.28. The van der Waals surface area contributed by atoms with Crippen LogP contribution in [-0.4, -0.2) is 40.4 Å². The third-order valence-corrected chi connectivity index (χ3v) is 5.24. The second kappa shape index (κ2) is 8.34. The van der Waals surface area contributed by atoms with E-state index < -0.39 is 14.4 Å². The van der Waals surface area contributed by atoms with Gasteiger partial charge in [-0.1, -0.05) is 0 Å². The standard InChI is InChI=1S/C7H15NO4S2Si/c1-10-15(11-2,5-3-4-13)12-7(14)8-6-9/h7,13-14H,3-5H2,1-2H3. The van der Waals surface area contributed by atoms with Gasteiger partial charge >= 0.3 is 8.80 Å². The molecular formula is C7H15NO4S2Si. The SMILES string of the molecule is CO[Si](CCCS)(OC)OC(S)N=C=O. The predicted octanol–water partition coefficient (Wildman–Crippen LogP) is 1.10. The Morgan fingerprint density at radius 3 is 2.47 bits per heavy atom. The molecule has 0 bridgehead atoms. The van der Waals surface area contributed by atoms with Crippen molar-refractivity contribution in [2.24, 2.45) is 4.99 Å². The smallest absolute Gasteiger partial charge is 0.377 e. The number of rotatable bonds is 8. The lowest BCUT2D eigenvalue weighted by atomic mass is 10.6. The molecule has 8 heteroatoms. The minimum absolute atomic E-state index is 0.606. The number of thiol groups is 2. The van der Waals surface area contributed by atoms with Crippen molar-refractivity contribution in [1.29, 1.82) is 0 Å². The average molecular weight is 269 g/mol. The second-order valence-corrected chi connectivity index (χ2v) is 6.39. The van der Waals surface area contributed by atoms with Crippen molar-refractivity contribution in [2.45, 2.75) is 18.0 Å². The average Bonchev–Trinajstić information content (AvgIpc) is 2.25. The molecule has 0 aromatic carbocycles. The number of isocyanates is 1. The lowest BCUT2D eigenvalue weighted by Gasteiger charge is -2.27. The lowest BCUT2D eigenvalue weighted by Crippen LogP contribution is -2.45. The molecule has 0 rings (SSSR count). The zero-order valence-corrected chi connectivity index (χ0v) is 11.5. The summed E-state index contributed by atoms with van der Waals surface area (Å²) in [4.78, 5) is 13.3. The van der Waals surface area contributed by atoms with Crippen LogP contribution in [0, 0.1) is 0 Å². The Hall–Kier alpha value is 0.177. The van der Waals surface area contributed by atoms with E-state index in [0.717, 1.165) is 6.42 Å². The molecule has 1 atom stereocenters. The molecule has 0 N–H and O–H groups in total. The lowest BCUT2D eigenvalue weighted by molar-refractivity contribution is 0.0910. The van der Waals surface area contributed by atoms with Crippen LogP contribution in [0.2, 0.25) is 6.04 Å². The largest absolute Gasteiger partial charge is 0.502 e. The van der Waals surface area contributed by atoms with Gasteiger partial charge < -0.3 is 13.3 Å². The summed E-state index contributed by atoms with van der Waals surface area (Å²) in [5.41, 5.74) is -0.894. The van der Waals surface area contributed by atoms with Crippen LogP contribution in [0.4, 0.5) is 0 Å². The van der Waals surface area contributed by atoms with E-state index in [1.807, 2.05) is 0 Å². The molecule has 1 unspecified atom stereocenters. The normalized spacial score (nSPS) is 13.3. The Labute approximate surface area is 101 Å². The monoisotopic (exact) mass is 269 g/mol. The first kappa shape index (κ1) is 15.2. The maximum Gasteiger partial charge on any atom is 0.502 e. The van der Waals surface area contributed by atoms with Crippen molar-refractivity contribution in [3.63, 3.8) is 0 Å². The van der Waals surface area contributed by atoms with Gasteiger partial charge in [-0.2, -0.15) is 17.6 Å². The maximum atomic E-state index is 9.99. The highest BCUT2D eigenvalue weighted by Crippen LogP contribution is 2.20. The fourth-order valence-electron chi connectivity index (χ4n) is 0.970. The Morgan fingerprint density at radius 1 is 1.47 bits per heavy atom. The van der Waals surface area contributed by atoms with Gasteiger partial charge in [0.15, 0.2) is 5.56 Å². The number of hydrogen-bond acceptors (Lipinski definition) is 7. The number of hydrogen-bond donors (Lipinski definition) is 2. The van der Waals surface area contributed by atoms with E-state index in [1.165, 1.54) is 20.3 Å². The van der Waals surface area contributed by atoms with E-state index >= 15 is 0 Å². The Bertz CT molecular complexity index is 221. The molecule has 0 heterocycles. The second-order valence-electron chi connectivity index (χ2n) is 2.58. The third kappa shape index (κ3) is 5.72. The maximum absolute atomic E-state index is 9.99. The minimum atomic E-state index is -2.76. The highest BCUT2D eigenvalue weighted by Gasteiger charge is 2.40. The molecule has 88 valence electrons. The summed E-state index contributed by atoms with van der Waals surface area (Å²) in [5.74, 6) is 0.707. The molecule has 0 aromatic heterocycles. The first-order valence-corrected chi connectivity index (χ1v) is 7.36. The Balaban J connectivity index is 4.40. The van der Waals surface area contributed by atoms with Crippen molar-refractivity contribution >= 4 is 40.1 Å². The van der Waals surface area contributed by atoms with Crippen LogP contribution in [0.15, 0.2) is 4.99 Å². The summed E-state index contributed by atoms with van der Waals surface area (Å²) in [6, 6.07) is 0.606. The van der Waals surface area contributed by atoms with Crippen LogP contribution in [0.1, 0.15) is 6.42 Å². The molecule has 0 radical (unpaired) electrons. The molecule has 0 fully saturated rings. The van der Waals surface area contributed by atoms with E-state index in [9.17, 15) is 4.79 Å². The van der Waals surface area contributed by atoms with Crippen LogP contribution in [0.25, 0.3) is 0 Å². The summed E-state index contributed by atoms with van der Waals surface area (Å²) in [5, 5.41) is 0. The van der Waals surface area contributed by atoms with Crippen molar-refractivity contribution in [3.8, 4) is 0 Å². The molecule has 0 spiro atoms. The van der Waals surface area contributed by atoms with Gasteiger partial charge in [-0.15, -0.1) is 12.6 Å². The number of nitrogens with zero attached hydrogens (tertiary/aromatic N) is 1. The molecule has 0 aromatic rings. The zero-order valence-electron chi connectivity index (χ0n) is 8.67. The Morgan fingerprint density at radius 2 is 2.07 bits per heavy atom. The molecule has 0 aliphatic carbocycles. The van der Waals surface area contributed by atoms with Gasteiger partial charge in [0, 0.05) is 20.3 Å². The molecule has 5 nitrogen and oxygen atoms in total. The van der Waals surface area contributed by atoms with Crippen molar-refractivity contribution in [2.75, 3.05) is 20.0 Å². The fraction of sp³-hybridized carbons (Fsp3) is 0.857. The highest BCUT2D eigenvalue weighted by molar-refractivity contribution is 7.80. The van der Waals surface area contributed by atoms with Crippen LogP contribution in [0.5, 0.6) is 0 Å². The summed E-state index contributed by atoms with van der Waals surface area (Å²) in [6.07, 6.45) is 2.16. The minimum Gasteiger partial charge on any atom is -0.377 e. The Kier molecular flexibility index (Phi) is 8.44. The predicted molar refractivity (Wildman–Crippen MR) is 65.0 cm³/mol. The van der Waals surface area contributed by atoms with Gasteiger partial charge in [0.25, 0.3) is 0 Å². The van der Waals surface area contributed by atoms with E-state index in [2.05, 4.69) is 30.2 Å². The van der Waals surface area contributed by atoms with E-state index in [4.69, 9.17) is 13.3 Å². The van der Waals surface area contributed by atoms with Crippen LogP contribution < -0.4 is 0 Å². The molecule has 0 saturated heterocycles. The highest BCUT2D eigenvalue weighted by atomic mass is 32.1. The van der Waals surface area contributed by atoms with Gasteiger partial charge in [-0.05, 0) is 12.2 Å². The molecular weight excluding hydrogens is 254 g/mol. The van der Waals surface area contributed by atoms with Crippen LogP contribution >= 0.6 is 25.3 Å². The van der Waals surface area contributed by atoms with Crippen LogP contribution in [0.3, 0.4) is 0 Å². The number of aliphatic imine (C=N–C) groups is 1. The molecule has 0 saturated carbocycles. The zero-order chi connectivity index (χ0) is 11.7. The van der Waals surface area contributed by atoms with Crippen molar-refractivity contribution in [3.05, 3.63) is 0 Å². The van der Waals surface area contributed by atoms with E-state index in [1.54, 1.807) is 0 Å². The number of carbonyl (C=O) groups excluding carboxylic acids is 1. The van der Waals surface area contributed by atoms with Crippen LogP contribution in [-0.2, 0) is 18.1 Å². The van der Waals surface area contributed by atoms with E-state index in [-0.39, 0.29) is 0 Å². The van der Waals surface area contributed by atoms with Crippen molar-refractivity contribution in [1.82, 2.24) is 0 Å². The fourth-order valence-corrected chi connectivity index (χ4v) is 3.82. The topological polar surface area (TPSA) is 57.1 Å². The van der Waals surface area contributed by atoms with Gasteiger partial charge in [0.2, 0.25) is 6.08 Å². The summed E-state index contributed by atoms with van der Waals surface area (Å²) in [7, 11) is 0.236. The molecule has 0 aliphatic rings. The summed E-state index contributed by atoms with van der Waals surface area (Å²) < 4.78 is 15.8.